The van der Waals surface area contributed by atoms with Gasteiger partial charge in [-0.3, -0.25) is 19.3 Å². The Kier molecular flexibility index (Phi) is 7.00. The lowest BCUT2D eigenvalue weighted by Gasteiger charge is -2.18. The number of nitrogens with zero attached hydrogens (tertiary/aromatic N) is 1. The minimum Gasteiger partial charge on any atom is -0.493 e. The van der Waals surface area contributed by atoms with E-state index in [4.69, 9.17) is 9.47 Å². The molecule has 1 aliphatic rings. The lowest BCUT2D eigenvalue weighted by molar-refractivity contribution is -0.138. The fourth-order valence-electron chi connectivity index (χ4n) is 2.77. The average Bonchev–Trinajstić information content (AvgIpc) is 2.95. The highest BCUT2D eigenvalue weighted by molar-refractivity contribution is 6.02. The molecule has 1 atom stereocenters. The molecular formula is C19H26N2O5. The highest BCUT2D eigenvalue weighted by Crippen LogP contribution is 2.30. The van der Waals surface area contributed by atoms with Gasteiger partial charge in [0, 0.05) is 25.8 Å². The molecule has 7 heteroatoms. The molecule has 0 aromatic heterocycles. The van der Waals surface area contributed by atoms with Gasteiger partial charge in [-0.1, -0.05) is 13.0 Å². The molecule has 0 spiro atoms. The Morgan fingerprint density at radius 2 is 1.92 bits per heavy atom. The van der Waals surface area contributed by atoms with Gasteiger partial charge in [-0.05, 0) is 31.0 Å². The monoisotopic (exact) mass is 362 g/mol. The largest absolute Gasteiger partial charge is 0.493 e. The van der Waals surface area contributed by atoms with Crippen molar-refractivity contribution in [1.82, 2.24) is 10.2 Å². The number of amides is 3. The van der Waals surface area contributed by atoms with Gasteiger partial charge < -0.3 is 14.8 Å². The topological polar surface area (TPSA) is 84.9 Å². The van der Waals surface area contributed by atoms with Crippen LogP contribution in [0.25, 0.3) is 0 Å². The van der Waals surface area contributed by atoms with Crippen molar-refractivity contribution < 1.29 is 23.9 Å². The minimum atomic E-state index is -0.235. The Balaban J connectivity index is 1.91. The van der Waals surface area contributed by atoms with Crippen LogP contribution < -0.4 is 14.8 Å². The van der Waals surface area contributed by atoms with Gasteiger partial charge in [0.2, 0.25) is 17.7 Å². The summed E-state index contributed by atoms with van der Waals surface area (Å²) in [5.74, 6) is 0.662. The number of hydrogen-bond donors (Lipinski definition) is 1. The van der Waals surface area contributed by atoms with Crippen LogP contribution in [0.5, 0.6) is 11.5 Å². The van der Waals surface area contributed by atoms with E-state index in [1.54, 1.807) is 7.11 Å². The standard InChI is InChI=1S/C19H26N2O5/c1-4-11-26-15-6-5-14(12-16(15)25-3)13(2)20-17(22)9-10-21-18(23)7-8-19(21)24/h5-6,12-13H,4,7-11H2,1-3H3,(H,20,22)/t13-/m0/s1. The summed E-state index contributed by atoms with van der Waals surface area (Å²) in [7, 11) is 1.57. The molecule has 1 saturated heterocycles. The van der Waals surface area contributed by atoms with Crippen molar-refractivity contribution in [2.24, 2.45) is 0 Å². The van der Waals surface area contributed by atoms with Gasteiger partial charge in [0.05, 0.1) is 19.8 Å². The molecule has 3 amide bonds. The second-order valence-corrected chi connectivity index (χ2v) is 6.24. The van der Waals surface area contributed by atoms with Crippen LogP contribution in [0.4, 0.5) is 0 Å². The molecule has 26 heavy (non-hydrogen) atoms. The number of likely N-dealkylation sites (tertiary alicyclic amines) is 1. The molecule has 0 saturated carbocycles. The summed E-state index contributed by atoms with van der Waals surface area (Å²) in [4.78, 5) is 36.4. The van der Waals surface area contributed by atoms with Crippen molar-refractivity contribution in [3.05, 3.63) is 23.8 Å². The van der Waals surface area contributed by atoms with Gasteiger partial charge in [-0.25, -0.2) is 0 Å². The van der Waals surface area contributed by atoms with E-state index in [1.165, 1.54) is 0 Å². The summed E-state index contributed by atoms with van der Waals surface area (Å²) in [5.41, 5.74) is 0.882. The summed E-state index contributed by atoms with van der Waals surface area (Å²) in [6, 6.07) is 5.31. The molecule has 1 heterocycles. The van der Waals surface area contributed by atoms with Crippen molar-refractivity contribution in [2.75, 3.05) is 20.3 Å². The number of carbonyl (C=O) groups is 3. The van der Waals surface area contributed by atoms with Gasteiger partial charge >= 0.3 is 0 Å². The second kappa shape index (κ2) is 9.22. The molecular weight excluding hydrogens is 336 g/mol. The van der Waals surface area contributed by atoms with Crippen LogP contribution >= 0.6 is 0 Å². The molecule has 7 nitrogen and oxygen atoms in total. The summed E-state index contributed by atoms with van der Waals surface area (Å²) < 4.78 is 11.0. The van der Waals surface area contributed by atoms with E-state index in [0.717, 1.165) is 16.9 Å². The predicted octanol–water partition coefficient (Wildman–Crippen LogP) is 2.20. The molecule has 1 fully saturated rings. The number of benzene rings is 1. The molecule has 2 rings (SSSR count). The first-order valence-electron chi connectivity index (χ1n) is 8.89. The number of ether oxygens (including phenoxy) is 2. The molecule has 0 unspecified atom stereocenters. The second-order valence-electron chi connectivity index (χ2n) is 6.24. The first kappa shape index (κ1) is 19.8. The Bertz CT molecular complexity index is 658. The van der Waals surface area contributed by atoms with Crippen LogP contribution in [0, 0.1) is 0 Å². The van der Waals surface area contributed by atoms with E-state index in [1.807, 2.05) is 32.0 Å². The Labute approximate surface area is 153 Å². The fourth-order valence-corrected chi connectivity index (χ4v) is 2.77. The average molecular weight is 362 g/mol. The van der Waals surface area contributed by atoms with Crippen LogP contribution in [0.15, 0.2) is 18.2 Å². The van der Waals surface area contributed by atoms with Crippen LogP contribution in [-0.2, 0) is 14.4 Å². The molecule has 1 aromatic carbocycles. The van der Waals surface area contributed by atoms with Gasteiger partial charge in [-0.2, -0.15) is 0 Å². The lowest BCUT2D eigenvalue weighted by Crippen LogP contribution is -2.34. The van der Waals surface area contributed by atoms with Crippen molar-refractivity contribution in [1.29, 1.82) is 0 Å². The maximum absolute atomic E-state index is 12.1. The zero-order chi connectivity index (χ0) is 19.1. The molecule has 0 radical (unpaired) electrons. The van der Waals surface area contributed by atoms with Gasteiger partial charge in [-0.15, -0.1) is 0 Å². The summed E-state index contributed by atoms with van der Waals surface area (Å²) in [6.07, 6.45) is 1.47. The third kappa shape index (κ3) is 4.97. The van der Waals surface area contributed by atoms with E-state index in [2.05, 4.69) is 5.32 Å². The molecule has 1 N–H and O–H groups in total. The number of nitrogens with one attached hydrogen (secondary N) is 1. The van der Waals surface area contributed by atoms with Gasteiger partial charge in [0.1, 0.15) is 0 Å². The minimum absolute atomic E-state index is 0.0939. The van der Waals surface area contributed by atoms with Crippen LogP contribution in [0.2, 0.25) is 0 Å². The van der Waals surface area contributed by atoms with Crippen LogP contribution in [-0.4, -0.2) is 42.9 Å². The summed E-state index contributed by atoms with van der Waals surface area (Å²) >= 11 is 0. The third-order valence-corrected chi connectivity index (χ3v) is 4.24. The number of carbonyl (C=O) groups excluding carboxylic acids is 3. The van der Waals surface area contributed by atoms with E-state index in [-0.39, 0.29) is 49.6 Å². The number of rotatable bonds is 9. The first-order valence-corrected chi connectivity index (χ1v) is 8.89. The normalized spacial score (nSPS) is 15.1. The number of hydrogen-bond acceptors (Lipinski definition) is 5. The Morgan fingerprint density at radius 3 is 2.54 bits per heavy atom. The third-order valence-electron chi connectivity index (χ3n) is 4.24. The van der Waals surface area contributed by atoms with Crippen molar-refractivity contribution in [3.8, 4) is 11.5 Å². The smallest absolute Gasteiger partial charge is 0.229 e. The molecule has 1 aromatic rings. The summed E-state index contributed by atoms with van der Waals surface area (Å²) in [5, 5.41) is 2.88. The van der Waals surface area contributed by atoms with Gasteiger partial charge in [0.25, 0.3) is 0 Å². The van der Waals surface area contributed by atoms with E-state index in [0.29, 0.717) is 18.1 Å². The molecule has 1 aliphatic heterocycles. The molecule has 0 aliphatic carbocycles. The van der Waals surface area contributed by atoms with Crippen LogP contribution in [0.3, 0.4) is 0 Å². The number of methoxy groups -OCH3 is 1. The zero-order valence-corrected chi connectivity index (χ0v) is 15.5. The van der Waals surface area contributed by atoms with Gasteiger partial charge in [0.15, 0.2) is 11.5 Å². The van der Waals surface area contributed by atoms with Crippen molar-refractivity contribution in [2.45, 2.75) is 45.6 Å². The predicted molar refractivity (Wildman–Crippen MR) is 95.9 cm³/mol. The Hall–Kier alpha value is -2.57. The van der Waals surface area contributed by atoms with E-state index >= 15 is 0 Å². The fraction of sp³-hybridized carbons (Fsp3) is 0.526. The quantitative estimate of drug-likeness (QED) is 0.681. The van der Waals surface area contributed by atoms with Crippen LogP contribution in [0.1, 0.15) is 51.1 Å². The zero-order valence-electron chi connectivity index (χ0n) is 15.5. The molecule has 142 valence electrons. The lowest BCUT2D eigenvalue weighted by atomic mass is 10.1. The van der Waals surface area contributed by atoms with Crippen molar-refractivity contribution >= 4 is 17.7 Å². The highest BCUT2D eigenvalue weighted by atomic mass is 16.5. The number of imide groups is 1. The highest BCUT2D eigenvalue weighted by Gasteiger charge is 2.28. The molecule has 0 bridgehead atoms. The maximum atomic E-state index is 12.1. The Morgan fingerprint density at radius 1 is 1.23 bits per heavy atom. The summed E-state index contributed by atoms with van der Waals surface area (Å²) in [6.45, 7) is 4.63. The van der Waals surface area contributed by atoms with E-state index in [9.17, 15) is 14.4 Å². The van der Waals surface area contributed by atoms with Crippen molar-refractivity contribution in [3.63, 3.8) is 0 Å². The van der Waals surface area contributed by atoms with E-state index < -0.39 is 0 Å². The SMILES string of the molecule is CCCOc1ccc([C@H](C)NC(=O)CCN2C(=O)CCC2=O)cc1OC. The maximum Gasteiger partial charge on any atom is 0.229 e. The first-order chi connectivity index (χ1) is 12.5.